The van der Waals surface area contributed by atoms with E-state index in [4.69, 9.17) is 30.6 Å². The van der Waals surface area contributed by atoms with Crippen LogP contribution in [-0.2, 0) is 26.2 Å². The van der Waals surface area contributed by atoms with Gasteiger partial charge in [-0.1, -0.05) is 0 Å². The maximum Gasteiger partial charge on any atom is 2.00 e. The summed E-state index contributed by atoms with van der Waals surface area (Å²) in [6, 6.07) is 0. The zero-order valence-electron chi connectivity index (χ0n) is 4.84. The molecular formula is H4N2O8Zr. The molecule has 11 heteroatoms. The minimum atomic E-state index is -1.75. The molecule has 0 spiro atoms. The zero-order valence-corrected chi connectivity index (χ0v) is 7.30. The van der Waals surface area contributed by atoms with Crippen LogP contribution in [0.2, 0.25) is 0 Å². The fourth-order valence-corrected chi connectivity index (χ4v) is 0. The first-order chi connectivity index (χ1) is 3.46. The molecule has 0 bridgehead atoms. The van der Waals surface area contributed by atoms with Crippen molar-refractivity contribution in [2.24, 2.45) is 0 Å². The second-order valence-electron chi connectivity index (χ2n) is 0.447. The van der Waals surface area contributed by atoms with Gasteiger partial charge in [0.25, 0.3) is 0 Å². The van der Waals surface area contributed by atoms with Gasteiger partial charge in [0.1, 0.15) is 0 Å². The molecule has 10 nitrogen and oxygen atoms in total. The monoisotopic (exact) mass is 250 g/mol. The van der Waals surface area contributed by atoms with Gasteiger partial charge in [0, 0.05) is 0 Å². The summed E-state index contributed by atoms with van der Waals surface area (Å²) < 4.78 is 0. The number of rotatable bonds is 0. The Bertz CT molecular complexity index is 70.1. The topological polar surface area (TPSA) is 195 Å². The molecule has 0 aromatic carbocycles. The van der Waals surface area contributed by atoms with Gasteiger partial charge in [-0.25, -0.2) is 0 Å². The molecule has 0 aliphatic carbocycles. The molecule has 4 N–H and O–H groups in total. The van der Waals surface area contributed by atoms with E-state index in [2.05, 4.69) is 0 Å². The molecule has 66 valence electrons. The quantitative estimate of drug-likeness (QED) is 0.348. The van der Waals surface area contributed by atoms with Crippen molar-refractivity contribution in [2.45, 2.75) is 0 Å². The fraction of sp³-hybridized carbons (Fsp3) is 0. The van der Waals surface area contributed by atoms with Crippen molar-refractivity contribution in [1.82, 2.24) is 0 Å². The second kappa shape index (κ2) is 22.9. The molecule has 0 heterocycles. The third-order valence-corrected chi connectivity index (χ3v) is 0. The van der Waals surface area contributed by atoms with Crippen LogP contribution in [0.5, 0.6) is 0 Å². The van der Waals surface area contributed by atoms with Gasteiger partial charge in [-0.2, -0.15) is 0 Å². The first-order valence-electron chi connectivity index (χ1n) is 1.10. The van der Waals surface area contributed by atoms with Gasteiger partial charge in [0.15, 0.2) is 0 Å². The normalized spacial score (nSPS) is 4.36. The molecule has 0 saturated carbocycles. The maximum atomic E-state index is 8.25. The summed E-state index contributed by atoms with van der Waals surface area (Å²) in [7, 11) is 0. The molecule has 0 saturated heterocycles. The van der Waals surface area contributed by atoms with Crippen LogP contribution in [0.3, 0.4) is 0 Å². The predicted molar refractivity (Wildman–Crippen MR) is 28.0 cm³/mol. The maximum absolute atomic E-state index is 8.25. The molecule has 0 fully saturated rings. The molecule has 0 rings (SSSR count). The van der Waals surface area contributed by atoms with Gasteiger partial charge in [-0.05, 0) is 0 Å². The van der Waals surface area contributed by atoms with Gasteiger partial charge in [0.05, 0.1) is 10.2 Å². The van der Waals surface area contributed by atoms with Crippen molar-refractivity contribution in [2.75, 3.05) is 0 Å². The molecule has 0 aromatic heterocycles. The van der Waals surface area contributed by atoms with Crippen molar-refractivity contribution in [1.29, 1.82) is 0 Å². The fourth-order valence-electron chi connectivity index (χ4n) is 0. The average Bonchev–Trinajstić information content (AvgIpc) is 1.25. The van der Waals surface area contributed by atoms with Gasteiger partial charge >= 0.3 is 26.2 Å². The van der Waals surface area contributed by atoms with Crippen molar-refractivity contribution >= 4 is 0 Å². The van der Waals surface area contributed by atoms with Crippen LogP contribution >= 0.6 is 0 Å². The molecule has 0 aliphatic heterocycles. The van der Waals surface area contributed by atoms with E-state index in [-0.39, 0.29) is 37.2 Å². The van der Waals surface area contributed by atoms with E-state index in [1.54, 1.807) is 0 Å². The Balaban J connectivity index is -0.0000000171. The van der Waals surface area contributed by atoms with E-state index in [0.29, 0.717) is 0 Å². The SMILES string of the molecule is O.O.O=[N+]([O-])[O-].O=[N+]([O-])[O-].[Zr+2]. The minimum Gasteiger partial charge on any atom is -0.412 e. The molecule has 0 amide bonds. The van der Waals surface area contributed by atoms with Crippen molar-refractivity contribution < 1.29 is 47.3 Å². The Labute approximate surface area is 78.4 Å². The Hall–Kier alpha value is -0.797. The van der Waals surface area contributed by atoms with Crippen LogP contribution in [-0.4, -0.2) is 21.1 Å². The van der Waals surface area contributed by atoms with E-state index in [1.807, 2.05) is 0 Å². The van der Waals surface area contributed by atoms with E-state index in [1.165, 1.54) is 0 Å². The predicted octanol–water partition coefficient (Wildman–Crippen LogP) is -2.13. The zero-order chi connectivity index (χ0) is 7.15. The van der Waals surface area contributed by atoms with Crippen molar-refractivity contribution in [3.63, 3.8) is 0 Å². The molecular weight excluding hydrogens is 247 g/mol. The molecule has 0 radical (unpaired) electrons. The second-order valence-corrected chi connectivity index (χ2v) is 0.447. The molecule has 0 unspecified atom stereocenters. The Morgan fingerprint density at radius 2 is 0.727 bits per heavy atom. The van der Waals surface area contributed by atoms with E-state index < -0.39 is 10.2 Å². The van der Waals surface area contributed by atoms with Crippen molar-refractivity contribution in [3.05, 3.63) is 30.6 Å². The smallest absolute Gasteiger partial charge is 0.412 e. The van der Waals surface area contributed by atoms with Gasteiger partial charge in [-0.3, -0.25) is 0 Å². The van der Waals surface area contributed by atoms with Crippen LogP contribution in [0.15, 0.2) is 0 Å². The van der Waals surface area contributed by atoms with E-state index in [9.17, 15) is 0 Å². The largest absolute Gasteiger partial charge is 2.00 e. The van der Waals surface area contributed by atoms with Gasteiger partial charge in [0.2, 0.25) is 0 Å². The van der Waals surface area contributed by atoms with Gasteiger partial charge in [-0.15, -0.1) is 0 Å². The van der Waals surface area contributed by atoms with Crippen LogP contribution in [0.4, 0.5) is 0 Å². The first kappa shape index (κ1) is 31.9. The van der Waals surface area contributed by atoms with Crippen molar-refractivity contribution in [3.8, 4) is 0 Å². The summed E-state index contributed by atoms with van der Waals surface area (Å²) in [5.41, 5.74) is 0. The van der Waals surface area contributed by atoms with Crippen LogP contribution in [0, 0.1) is 30.6 Å². The standard InChI is InChI=1S/2NO3.2H2O.Zr/c2*2-1(3)4;;;/h;;2*1H2;/q2*-1;;;+2. The summed E-state index contributed by atoms with van der Waals surface area (Å²) in [6.45, 7) is 0. The number of nitrogens with zero attached hydrogens (tertiary/aromatic N) is 2. The summed E-state index contributed by atoms with van der Waals surface area (Å²) in [4.78, 5) is 16.5. The van der Waals surface area contributed by atoms with Gasteiger partial charge < -0.3 is 41.6 Å². The number of hydrogen-bond donors (Lipinski definition) is 0. The third kappa shape index (κ3) is 752. The Morgan fingerprint density at radius 3 is 0.727 bits per heavy atom. The summed E-state index contributed by atoms with van der Waals surface area (Å²) in [6.07, 6.45) is 0. The number of hydrogen-bond acceptors (Lipinski definition) is 6. The Morgan fingerprint density at radius 1 is 0.727 bits per heavy atom. The molecule has 11 heavy (non-hydrogen) atoms. The van der Waals surface area contributed by atoms with Crippen LogP contribution < -0.4 is 0 Å². The molecule has 0 aliphatic rings. The summed E-state index contributed by atoms with van der Waals surface area (Å²) >= 11 is 0. The summed E-state index contributed by atoms with van der Waals surface area (Å²) in [5.74, 6) is 0. The van der Waals surface area contributed by atoms with E-state index in [0.717, 1.165) is 0 Å². The molecule has 0 aromatic rings. The Kier molecular flexibility index (Phi) is 66.4. The third-order valence-electron chi connectivity index (χ3n) is 0. The molecule has 0 atom stereocenters. The first-order valence-corrected chi connectivity index (χ1v) is 1.10. The van der Waals surface area contributed by atoms with Crippen LogP contribution in [0.25, 0.3) is 0 Å². The van der Waals surface area contributed by atoms with Crippen LogP contribution in [0.1, 0.15) is 0 Å². The van der Waals surface area contributed by atoms with E-state index >= 15 is 0 Å². The minimum absolute atomic E-state index is 0. The average molecular weight is 251 g/mol. The summed E-state index contributed by atoms with van der Waals surface area (Å²) in [5, 5.41) is 29.5.